The Morgan fingerprint density at radius 2 is 2.21 bits per heavy atom. The Labute approximate surface area is 90.3 Å². The van der Waals surface area contributed by atoms with E-state index in [0.29, 0.717) is 0 Å². The summed E-state index contributed by atoms with van der Waals surface area (Å²) in [5, 5.41) is 4.25. The average Bonchev–Trinajstić information content (AvgIpc) is 2.29. The van der Waals surface area contributed by atoms with Crippen LogP contribution in [0.15, 0.2) is 16.8 Å². The summed E-state index contributed by atoms with van der Waals surface area (Å²) in [6, 6.07) is 0. The Morgan fingerprint density at radius 1 is 1.36 bits per heavy atom. The maximum Gasteiger partial charge on any atom is 0.0459 e. The number of hydrogen-bond acceptors (Lipinski definition) is 3. The normalized spacial score (nSPS) is 23.6. The van der Waals surface area contributed by atoms with E-state index in [0.717, 1.165) is 17.4 Å². The maximum atomic E-state index is 4.41. The first-order chi connectivity index (χ1) is 6.95. The third-order valence-electron chi connectivity index (χ3n) is 2.69. The van der Waals surface area contributed by atoms with E-state index in [1.807, 2.05) is 0 Å². The molecule has 0 aromatic rings. The highest BCUT2D eigenvalue weighted by molar-refractivity contribution is 8.00. The number of hydrogen-bond donors (Lipinski definition) is 1. The molecule has 0 saturated carbocycles. The van der Waals surface area contributed by atoms with Crippen LogP contribution in [0.4, 0.5) is 0 Å². The number of allylic oxidation sites excluding steroid dienone is 1. The van der Waals surface area contributed by atoms with Crippen LogP contribution in [-0.2, 0) is 0 Å². The number of aliphatic imine (C=N–C) groups is 1. The van der Waals surface area contributed by atoms with Gasteiger partial charge in [0.1, 0.15) is 0 Å². The molecule has 2 rings (SSSR count). The predicted molar refractivity (Wildman–Crippen MR) is 64.2 cm³/mol. The van der Waals surface area contributed by atoms with E-state index in [2.05, 4.69) is 34.4 Å². The molecule has 3 heteroatoms. The minimum atomic E-state index is 0.856. The molecule has 0 spiro atoms. The first-order valence-corrected chi connectivity index (χ1v) is 6.54. The minimum absolute atomic E-state index is 0.856. The fourth-order valence-corrected chi connectivity index (χ4v) is 2.99. The van der Waals surface area contributed by atoms with Gasteiger partial charge >= 0.3 is 0 Å². The second kappa shape index (κ2) is 5.56. The SMILES string of the molecule is C1=NC(CSC2CCNCC2)=CCC1. The molecule has 0 aromatic heterocycles. The van der Waals surface area contributed by atoms with Crippen LogP contribution in [0.1, 0.15) is 25.7 Å². The molecular formula is C11H18N2S. The highest BCUT2D eigenvalue weighted by Crippen LogP contribution is 2.23. The van der Waals surface area contributed by atoms with E-state index < -0.39 is 0 Å². The van der Waals surface area contributed by atoms with Crippen molar-refractivity contribution >= 4 is 18.0 Å². The van der Waals surface area contributed by atoms with Crippen molar-refractivity contribution in [2.24, 2.45) is 4.99 Å². The fourth-order valence-electron chi connectivity index (χ4n) is 1.82. The van der Waals surface area contributed by atoms with Crippen molar-refractivity contribution in [3.63, 3.8) is 0 Å². The molecule has 2 aliphatic rings. The number of piperidine rings is 1. The van der Waals surface area contributed by atoms with Crippen LogP contribution in [0.2, 0.25) is 0 Å². The maximum absolute atomic E-state index is 4.41. The lowest BCUT2D eigenvalue weighted by atomic mass is 10.2. The van der Waals surface area contributed by atoms with E-state index in [9.17, 15) is 0 Å². The highest BCUT2D eigenvalue weighted by atomic mass is 32.2. The van der Waals surface area contributed by atoms with Gasteiger partial charge in [-0.25, -0.2) is 0 Å². The van der Waals surface area contributed by atoms with Crippen LogP contribution in [-0.4, -0.2) is 30.3 Å². The predicted octanol–water partition coefficient (Wildman–Crippen LogP) is 2.22. The van der Waals surface area contributed by atoms with E-state index >= 15 is 0 Å². The Balaban J connectivity index is 1.70. The molecular weight excluding hydrogens is 192 g/mol. The van der Waals surface area contributed by atoms with E-state index in [4.69, 9.17) is 0 Å². The summed E-state index contributed by atoms with van der Waals surface area (Å²) >= 11 is 2.08. The Kier molecular flexibility index (Phi) is 4.07. The van der Waals surface area contributed by atoms with Crippen molar-refractivity contribution in [1.29, 1.82) is 0 Å². The van der Waals surface area contributed by atoms with Gasteiger partial charge in [-0.3, -0.25) is 4.99 Å². The summed E-state index contributed by atoms with van der Waals surface area (Å²) in [5.41, 5.74) is 1.29. The molecule has 0 radical (unpaired) electrons. The summed E-state index contributed by atoms with van der Waals surface area (Å²) in [6.45, 7) is 2.39. The van der Waals surface area contributed by atoms with Crippen LogP contribution in [0.25, 0.3) is 0 Å². The largest absolute Gasteiger partial charge is 0.317 e. The Hall–Kier alpha value is -0.280. The monoisotopic (exact) mass is 210 g/mol. The van der Waals surface area contributed by atoms with Crippen LogP contribution in [0, 0.1) is 0 Å². The average molecular weight is 210 g/mol. The second-order valence-corrected chi connectivity index (χ2v) is 5.13. The molecule has 1 fully saturated rings. The molecule has 0 atom stereocenters. The first kappa shape index (κ1) is 10.2. The molecule has 0 bridgehead atoms. The fraction of sp³-hybridized carbons (Fsp3) is 0.727. The lowest BCUT2D eigenvalue weighted by Crippen LogP contribution is -2.29. The molecule has 0 aromatic carbocycles. The number of nitrogens with one attached hydrogen (secondary N) is 1. The van der Waals surface area contributed by atoms with Crippen molar-refractivity contribution in [3.8, 4) is 0 Å². The van der Waals surface area contributed by atoms with Crippen LogP contribution >= 0.6 is 11.8 Å². The molecule has 78 valence electrons. The zero-order chi connectivity index (χ0) is 9.64. The summed E-state index contributed by atoms with van der Waals surface area (Å²) in [6.07, 6.45) is 9.29. The summed E-state index contributed by atoms with van der Waals surface area (Å²) in [7, 11) is 0. The molecule has 0 unspecified atom stereocenters. The van der Waals surface area contributed by atoms with Gasteiger partial charge in [0.05, 0.1) is 0 Å². The lowest BCUT2D eigenvalue weighted by Gasteiger charge is -2.22. The topological polar surface area (TPSA) is 24.4 Å². The molecule has 1 N–H and O–H groups in total. The minimum Gasteiger partial charge on any atom is -0.317 e. The van der Waals surface area contributed by atoms with Gasteiger partial charge in [-0.1, -0.05) is 6.08 Å². The van der Waals surface area contributed by atoms with Gasteiger partial charge in [0.25, 0.3) is 0 Å². The van der Waals surface area contributed by atoms with Crippen LogP contribution < -0.4 is 5.32 Å². The van der Waals surface area contributed by atoms with Crippen molar-refractivity contribution in [2.75, 3.05) is 18.8 Å². The lowest BCUT2D eigenvalue weighted by molar-refractivity contribution is 0.532. The summed E-state index contributed by atoms with van der Waals surface area (Å²) < 4.78 is 0. The van der Waals surface area contributed by atoms with Gasteiger partial charge in [0.15, 0.2) is 0 Å². The quantitative estimate of drug-likeness (QED) is 0.772. The number of thioether (sulfide) groups is 1. The van der Waals surface area contributed by atoms with Gasteiger partial charge in [0, 0.05) is 22.9 Å². The van der Waals surface area contributed by atoms with Crippen LogP contribution in [0.3, 0.4) is 0 Å². The first-order valence-electron chi connectivity index (χ1n) is 5.49. The summed E-state index contributed by atoms with van der Waals surface area (Å²) in [5.74, 6) is 1.11. The van der Waals surface area contributed by atoms with E-state index in [1.54, 1.807) is 0 Å². The molecule has 0 amide bonds. The van der Waals surface area contributed by atoms with Gasteiger partial charge in [-0.05, 0) is 38.8 Å². The molecule has 14 heavy (non-hydrogen) atoms. The molecule has 1 saturated heterocycles. The smallest absolute Gasteiger partial charge is 0.0459 e. The van der Waals surface area contributed by atoms with Crippen LogP contribution in [0.5, 0.6) is 0 Å². The van der Waals surface area contributed by atoms with Gasteiger partial charge in [-0.15, -0.1) is 0 Å². The molecule has 2 heterocycles. The third kappa shape index (κ3) is 3.14. The summed E-state index contributed by atoms with van der Waals surface area (Å²) in [4.78, 5) is 4.41. The molecule has 2 nitrogen and oxygen atoms in total. The van der Waals surface area contributed by atoms with Crippen molar-refractivity contribution in [1.82, 2.24) is 5.32 Å². The zero-order valence-corrected chi connectivity index (χ0v) is 9.35. The van der Waals surface area contributed by atoms with Gasteiger partial charge < -0.3 is 5.32 Å². The Bertz CT molecular complexity index is 229. The van der Waals surface area contributed by atoms with Crippen molar-refractivity contribution in [2.45, 2.75) is 30.9 Å². The van der Waals surface area contributed by atoms with Crippen molar-refractivity contribution < 1.29 is 0 Å². The zero-order valence-electron chi connectivity index (χ0n) is 8.54. The third-order valence-corrected chi connectivity index (χ3v) is 4.09. The Morgan fingerprint density at radius 3 is 2.93 bits per heavy atom. The molecule has 0 aliphatic carbocycles. The van der Waals surface area contributed by atoms with E-state index in [-0.39, 0.29) is 0 Å². The number of nitrogens with zero attached hydrogens (tertiary/aromatic N) is 1. The van der Waals surface area contributed by atoms with Crippen molar-refractivity contribution in [3.05, 3.63) is 11.8 Å². The standard InChI is InChI=1S/C11H18N2S/c1-2-6-13-10(3-1)9-14-11-4-7-12-8-5-11/h3,6,11-12H,1-2,4-5,7-9H2. The second-order valence-electron chi connectivity index (χ2n) is 3.84. The van der Waals surface area contributed by atoms with Gasteiger partial charge in [0.2, 0.25) is 0 Å². The van der Waals surface area contributed by atoms with E-state index in [1.165, 1.54) is 38.0 Å². The number of rotatable bonds is 3. The molecule has 2 aliphatic heterocycles. The van der Waals surface area contributed by atoms with Gasteiger partial charge in [-0.2, -0.15) is 11.8 Å². The highest BCUT2D eigenvalue weighted by Gasteiger charge is 2.13.